The van der Waals surface area contributed by atoms with Crippen LogP contribution in [0.25, 0.3) is 0 Å². The fourth-order valence-electron chi connectivity index (χ4n) is 1.37. The zero-order valence-corrected chi connectivity index (χ0v) is 11.0. The van der Waals surface area contributed by atoms with E-state index in [9.17, 15) is 13.6 Å². The zero-order valence-electron chi connectivity index (χ0n) is 11.0. The number of rotatable bonds is 8. The SMILES string of the molecule is COCCNC(=O)CCNc1nc(NN)c(F)cc1F. The van der Waals surface area contributed by atoms with Crippen LogP contribution in [0.3, 0.4) is 0 Å². The van der Waals surface area contributed by atoms with Gasteiger partial charge in [0.1, 0.15) is 0 Å². The van der Waals surface area contributed by atoms with Crippen molar-refractivity contribution in [1.29, 1.82) is 0 Å². The van der Waals surface area contributed by atoms with E-state index in [1.165, 1.54) is 7.11 Å². The van der Waals surface area contributed by atoms with E-state index in [0.29, 0.717) is 19.2 Å². The molecule has 0 atom stereocenters. The number of nitrogens with zero attached hydrogens (tertiary/aromatic N) is 1. The third kappa shape index (κ3) is 4.94. The van der Waals surface area contributed by atoms with Gasteiger partial charge in [-0.3, -0.25) is 4.79 Å². The van der Waals surface area contributed by atoms with E-state index in [4.69, 9.17) is 10.6 Å². The number of anilines is 2. The number of nitrogens with two attached hydrogens (primary N) is 1. The second-order valence-corrected chi connectivity index (χ2v) is 3.81. The van der Waals surface area contributed by atoms with E-state index in [2.05, 4.69) is 15.6 Å². The summed E-state index contributed by atoms with van der Waals surface area (Å²) in [6.07, 6.45) is 0.119. The molecular weight excluding hydrogens is 272 g/mol. The number of amides is 1. The van der Waals surface area contributed by atoms with Crippen molar-refractivity contribution < 1.29 is 18.3 Å². The molecule has 1 aromatic rings. The van der Waals surface area contributed by atoms with Crippen LogP contribution in [0, 0.1) is 11.6 Å². The highest BCUT2D eigenvalue weighted by molar-refractivity contribution is 5.76. The first-order valence-electron chi connectivity index (χ1n) is 5.90. The van der Waals surface area contributed by atoms with Crippen molar-refractivity contribution in [3.8, 4) is 0 Å². The Morgan fingerprint density at radius 2 is 2.05 bits per heavy atom. The molecular formula is C11H17F2N5O2. The van der Waals surface area contributed by atoms with Gasteiger partial charge in [-0.15, -0.1) is 0 Å². The Bertz CT molecular complexity index is 459. The Kier molecular flexibility index (Phi) is 6.60. The summed E-state index contributed by atoms with van der Waals surface area (Å²) >= 11 is 0. The number of nitrogen functional groups attached to an aromatic ring is 1. The van der Waals surface area contributed by atoms with Crippen LogP contribution in [0.2, 0.25) is 0 Å². The lowest BCUT2D eigenvalue weighted by Crippen LogP contribution is -2.28. The predicted octanol–water partition coefficient (Wildman–Crippen LogP) is 0.210. The van der Waals surface area contributed by atoms with Gasteiger partial charge in [0, 0.05) is 32.7 Å². The van der Waals surface area contributed by atoms with E-state index >= 15 is 0 Å². The van der Waals surface area contributed by atoms with Crippen molar-refractivity contribution in [3.63, 3.8) is 0 Å². The average Bonchev–Trinajstić information content (AvgIpc) is 2.41. The first-order valence-corrected chi connectivity index (χ1v) is 5.90. The molecule has 0 aromatic carbocycles. The summed E-state index contributed by atoms with van der Waals surface area (Å²) in [5.74, 6) is 2.61. The summed E-state index contributed by atoms with van der Waals surface area (Å²) in [4.78, 5) is 15.0. The third-order valence-corrected chi connectivity index (χ3v) is 2.34. The summed E-state index contributed by atoms with van der Waals surface area (Å²) < 4.78 is 31.3. The van der Waals surface area contributed by atoms with Crippen molar-refractivity contribution in [1.82, 2.24) is 10.3 Å². The average molecular weight is 289 g/mol. The maximum Gasteiger partial charge on any atom is 0.221 e. The van der Waals surface area contributed by atoms with Gasteiger partial charge in [0.15, 0.2) is 23.3 Å². The quantitative estimate of drug-likeness (QED) is 0.310. The van der Waals surface area contributed by atoms with Crippen LogP contribution in [0.5, 0.6) is 0 Å². The highest BCUT2D eigenvalue weighted by atomic mass is 19.1. The van der Waals surface area contributed by atoms with Crippen molar-refractivity contribution in [2.75, 3.05) is 37.5 Å². The minimum atomic E-state index is -0.896. The maximum atomic E-state index is 13.4. The summed E-state index contributed by atoms with van der Waals surface area (Å²) in [6.45, 7) is 0.969. The molecule has 0 saturated heterocycles. The maximum absolute atomic E-state index is 13.4. The molecule has 1 rings (SSSR count). The van der Waals surface area contributed by atoms with Crippen molar-refractivity contribution >= 4 is 17.5 Å². The van der Waals surface area contributed by atoms with Crippen LogP contribution in [-0.4, -0.2) is 37.7 Å². The van der Waals surface area contributed by atoms with Gasteiger partial charge in [-0.2, -0.15) is 0 Å². The molecule has 0 radical (unpaired) electrons. The van der Waals surface area contributed by atoms with Crippen LogP contribution < -0.4 is 21.9 Å². The number of carbonyl (C=O) groups is 1. The Morgan fingerprint density at radius 1 is 1.35 bits per heavy atom. The van der Waals surface area contributed by atoms with E-state index < -0.39 is 11.6 Å². The van der Waals surface area contributed by atoms with Gasteiger partial charge in [-0.25, -0.2) is 19.6 Å². The largest absolute Gasteiger partial charge is 0.383 e. The van der Waals surface area contributed by atoms with Gasteiger partial charge in [0.2, 0.25) is 5.91 Å². The molecule has 1 amide bonds. The van der Waals surface area contributed by atoms with Crippen LogP contribution in [0.4, 0.5) is 20.4 Å². The van der Waals surface area contributed by atoms with Gasteiger partial charge in [-0.05, 0) is 0 Å². The molecule has 1 aromatic heterocycles. The van der Waals surface area contributed by atoms with E-state index in [0.717, 1.165) is 0 Å². The van der Waals surface area contributed by atoms with Crippen LogP contribution in [0.15, 0.2) is 6.07 Å². The van der Waals surface area contributed by atoms with E-state index in [1.54, 1.807) is 0 Å². The molecule has 0 spiro atoms. The number of nitrogens with one attached hydrogen (secondary N) is 3. The summed E-state index contributed by atoms with van der Waals surface area (Å²) in [5.41, 5.74) is 2.01. The molecule has 112 valence electrons. The zero-order chi connectivity index (χ0) is 15.0. The number of hydrogen-bond acceptors (Lipinski definition) is 6. The van der Waals surface area contributed by atoms with Crippen molar-refractivity contribution in [3.05, 3.63) is 17.7 Å². The number of ether oxygens (including phenoxy) is 1. The number of pyridine rings is 1. The van der Waals surface area contributed by atoms with Crippen molar-refractivity contribution in [2.24, 2.45) is 5.84 Å². The fraction of sp³-hybridized carbons (Fsp3) is 0.455. The fourth-order valence-corrected chi connectivity index (χ4v) is 1.37. The molecule has 0 saturated carbocycles. The Hall–Kier alpha value is -2.00. The lowest BCUT2D eigenvalue weighted by atomic mass is 10.3. The lowest BCUT2D eigenvalue weighted by Gasteiger charge is -2.09. The Labute approximate surface area is 114 Å². The van der Waals surface area contributed by atoms with Gasteiger partial charge in [0.05, 0.1) is 6.61 Å². The topological polar surface area (TPSA) is 101 Å². The van der Waals surface area contributed by atoms with Gasteiger partial charge in [-0.1, -0.05) is 0 Å². The summed E-state index contributed by atoms with van der Waals surface area (Å²) in [5, 5.41) is 5.20. The Balaban J connectivity index is 2.44. The van der Waals surface area contributed by atoms with E-state index in [1.807, 2.05) is 5.43 Å². The third-order valence-electron chi connectivity index (χ3n) is 2.34. The van der Waals surface area contributed by atoms with Crippen molar-refractivity contribution in [2.45, 2.75) is 6.42 Å². The number of hydrogen-bond donors (Lipinski definition) is 4. The first-order chi connectivity index (χ1) is 9.58. The highest BCUT2D eigenvalue weighted by Gasteiger charge is 2.11. The van der Waals surface area contributed by atoms with Gasteiger partial charge < -0.3 is 20.8 Å². The predicted molar refractivity (Wildman–Crippen MR) is 70.0 cm³/mol. The molecule has 0 aliphatic carbocycles. The summed E-state index contributed by atoms with van der Waals surface area (Å²) in [7, 11) is 1.53. The molecule has 0 aliphatic rings. The smallest absolute Gasteiger partial charge is 0.221 e. The minimum absolute atomic E-state index is 0.119. The van der Waals surface area contributed by atoms with E-state index in [-0.39, 0.29) is 30.5 Å². The van der Waals surface area contributed by atoms with Crippen LogP contribution in [-0.2, 0) is 9.53 Å². The number of methoxy groups -OCH3 is 1. The number of hydrazine groups is 1. The standard InChI is InChI=1S/C11H17F2N5O2/c1-20-5-4-15-9(19)2-3-16-10-7(12)6-8(13)11(17-10)18-14/h6H,2-5,14H2,1H3,(H,15,19)(H2,16,17,18). The molecule has 20 heavy (non-hydrogen) atoms. The van der Waals surface area contributed by atoms with Crippen LogP contribution in [0.1, 0.15) is 6.42 Å². The van der Waals surface area contributed by atoms with Gasteiger partial charge in [0.25, 0.3) is 0 Å². The second-order valence-electron chi connectivity index (χ2n) is 3.81. The molecule has 0 bridgehead atoms. The highest BCUT2D eigenvalue weighted by Crippen LogP contribution is 2.17. The van der Waals surface area contributed by atoms with Gasteiger partial charge >= 0.3 is 0 Å². The number of aromatic nitrogens is 1. The Morgan fingerprint density at radius 3 is 2.70 bits per heavy atom. The molecule has 7 nitrogen and oxygen atoms in total. The number of carbonyl (C=O) groups excluding carboxylic acids is 1. The molecule has 5 N–H and O–H groups in total. The van der Waals surface area contributed by atoms with Crippen LogP contribution >= 0.6 is 0 Å². The molecule has 0 aliphatic heterocycles. The lowest BCUT2D eigenvalue weighted by molar-refractivity contribution is -0.121. The molecule has 1 heterocycles. The normalized spacial score (nSPS) is 10.2. The second kappa shape index (κ2) is 8.23. The molecule has 9 heteroatoms. The molecule has 0 fully saturated rings. The molecule has 0 unspecified atom stereocenters. The first kappa shape index (κ1) is 16.1. The summed E-state index contributed by atoms with van der Waals surface area (Å²) in [6, 6.07) is 0.656. The number of halogens is 2. The monoisotopic (exact) mass is 289 g/mol. The minimum Gasteiger partial charge on any atom is -0.383 e.